The Morgan fingerprint density at radius 1 is 1.17 bits per heavy atom. The van der Waals surface area contributed by atoms with Crippen LogP contribution < -0.4 is 0 Å². The van der Waals surface area contributed by atoms with Crippen LogP contribution in [0.5, 0.6) is 0 Å². The Balaban J connectivity index is 0.000000354. The molecule has 3 heteroatoms. The van der Waals surface area contributed by atoms with Gasteiger partial charge < -0.3 is 9.47 Å². The highest BCUT2D eigenvalue weighted by atomic mass is 16.5. The summed E-state index contributed by atoms with van der Waals surface area (Å²) in [6.45, 7) is 8.50. The van der Waals surface area contributed by atoms with Gasteiger partial charge in [-0.15, -0.1) is 0 Å². The average molecular weight is 175 g/mol. The summed E-state index contributed by atoms with van der Waals surface area (Å²) in [6, 6.07) is 0.689. The Kier molecular flexibility index (Phi) is 7.45. The topological polar surface area (TPSA) is 21.7 Å². The third kappa shape index (κ3) is 5.52. The number of methoxy groups -OCH3 is 1. The largest absolute Gasteiger partial charge is 0.388 e. The molecular weight excluding hydrogens is 154 g/mol. The van der Waals surface area contributed by atoms with Gasteiger partial charge in [0.05, 0.1) is 13.2 Å². The molecule has 1 fully saturated rings. The van der Waals surface area contributed by atoms with Crippen molar-refractivity contribution in [3.05, 3.63) is 0 Å². The third-order valence-electron chi connectivity index (χ3n) is 1.78. The lowest BCUT2D eigenvalue weighted by molar-refractivity contribution is 0.0238. The molecule has 1 heterocycles. The summed E-state index contributed by atoms with van der Waals surface area (Å²) in [5.41, 5.74) is 0. The minimum atomic E-state index is 0.689. The van der Waals surface area contributed by atoms with Crippen LogP contribution in [0.2, 0.25) is 0 Å². The van der Waals surface area contributed by atoms with Crippen LogP contribution in [-0.2, 0) is 9.47 Å². The van der Waals surface area contributed by atoms with Crippen LogP contribution in [0.1, 0.15) is 13.8 Å². The fraction of sp³-hybridized carbons (Fsp3) is 1.00. The molecule has 0 unspecified atom stereocenters. The van der Waals surface area contributed by atoms with Crippen LogP contribution in [0.3, 0.4) is 0 Å². The Morgan fingerprint density at radius 2 is 1.58 bits per heavy atom. The first kappa shape index (κ1) is 11.9. The van der Waals surface area contributed by atoms with Gasteiger partial charge in [0.1, 0.15) is 0 Å². The quantitative estimate of drug-likeness (QED) is 0.593. The van der Waals surface area contributed by atoms with Gasteiger partial charge in [-0.1, -0.05) is 0 Å². The van der Waals surface area contributed by atoms with E-state index in [1.165, 1.54) is 0 Å². The molecule has 0 atom stereocenters. The van der Waals surface area contributed by atoms with E-state index >= 15 is 0 Å². The zero-order valence-electron chi connectivity index (χ0n) is 8.67. The minimum absolute atomic E-state index is 0.689. The lowest BCUT2D eigenvalue weighted by Gasteiger charge is -2.29. The molecule has 74 valence electrons. The molecule has 1 rings (SSSR count). The van der Waals surface area contributed by atoms with Crippen molar-refractivity contribution >= 4 is 0 Å². The number of nitrogens with zero attached hydrogens (tertiary/aromatic N) is 1. The molecule has 1 aliphatic rings. The fourth-order valence-corrected chi connectivity index (χ4v) is 1.09. The van der Waals surface area contributed by atoms with Crippen LogP contribution in [0.4, 0.5) is 0 Å². The fourth-order valence-electron chi connectivity index (χ4n) is 1.09. The second-order valence-corrected chi connectivity index (χ2v) is 3.15. The van der Waals surface area contributed by atoms with Gasteiger partial charge in [0.15, 0.2) is 0 Å². The van der Waals surface area contributed by atoms with Crippen molar-refractivity contribution in [3.8, 4) is 0 Å². The molecule has 0 spiro atoms. The number of ether oxygens (including phenoxy) is 2. The first-order valence-electron chi connectivity index (χ1n) is 4.44. The number of hydrogen-bond donors (Lipinski definition) is 0. The van der Waals surface area contributed by atoms with Gasteiger partial charge in [-0.25, -0.2) is 0 Å². The Hall–Kier alpha value is -0.120. The van der Waals surface area contributed by atoms with Crippen molar-refractivity contribution in [3.63, 3.8) is 0 Å². The van der Waals surface area contributed by atoms with Crippen LogP contribution >= 0.6 is 0 Å². The van der Waals surface area contributed by atoms with Crippen molar-refractivity contribution in [2.45, 2.75) is 19.9 Å². The van der Waals surface area contributed by atoms with E-state index in [1.54, 1.807) is 14.2 Å². The molecule has 0 aliphatic carbocycles. The highest BCUT2D eigenvalue weighted by molar-refractivity contribution is 4.64. The number of morpholine rings is 1. The van der Waals surface area contributed by atoms with Crippen LogP contribution in [0.15, 0.2) is 0 Å². The highest BCUT2D eigenvalue weighted by Crippen LogP contribution is 2.01. The van der Waals surface area contributed by atoms with E-state index in [4.69, 9.17) is 4.74 Å². The molecule has 1 saturated heterocycles. The molecule has 1 aliphatic heterocycles. The van der Waals surface area contributed by atoms with E-state index in [1.807, 2.05) is 0 Å². The van der Waals surface area contributed by atoms with Crippen molar-refractivity contribution in [2.75, 3.05) is 40.5 Å². The summed E-state index contributed by atoms with van der Waals surface area (Å²) < 4.78 is 9.46. The smallest absolute Gasteiger partial charge is 0.0594 e. The van der Waals surface area contributed by atoms with Crippen molar-refractivity contribution < 1.29 is 9.47 Å². The van der Waals surface area contributed by atoms with E-state index in [0.717, 1.165) is 26.3 Å². The molecule has 0 radical (unpaired) electrons. The summed E-state index contributed by atoms with van der Waals surface area (Å²) in [5.74, 6) is 0. The van der Waals surface area contributed by atoms with E-state index < -0.39 is 0 Å². The second kappa shape index (κ2) is 7.53. The third-order valence-corrected chi connectivity index (χ3v) is 1.78. The van der Waals surface area contributed by atoms with Crippen LogP contribution in [0.25, 0.3) is 0 Å². The first-order valence-corrected chi connectivity index (χ1v) is 4.44. The second-order valence-electron chi connectivity index (χ2n) is 3.15. The molecule has 0 aromatic rings. The average Bonchev–Trinajstić information content (AvgIpc) is 2.07. The van der Waals surface area contributed by atoms with Crippen LogP contribution in [-0.4, -0.2) is 51.5 Å². The minimum Gasteiger partial charge on any atom is -0.388 e. The molecule has 0 aromatic carbocycles. The molecule has 0 bridgehead atoms. The van der Waals surface area contributed by atoms with E-state index in [2.05, 4.69) is 23.5 Å². The zero-order chi connectivity index (χ0) is 9.40. The van der Waals surface area contributed by atoms with Gasteiger partial charge in [0, 0.05) is 33.4 Å². The van der Waals surface area contributed by atoms with Gasteiger partial charge in [-0.3, -0.25) is 4.90 Å². The van der Waals surface area contributed by atoms with Crippen molar-refractivity contribution in [1.82, 2.24) is 4.90 Å². The highest BCUT2D eigenvalue weighted by Gasteiger charge is 2.11. The maximum Gasteiger partial charge on any atom is 0.0594 e. The first-order chi connectivity index (χ1) is 5.72. The maximum absolute atomic E-state index is 5.21. The predicted molar refractivity (Wildman–Crippen MR) is 50.5 cm³/mol. The molecule has 0 N–H and O–H groups in total. The maximum atomic E-state index is 5.21. The zero-order valence-corrected chi connectivity index (χ0v) is 8.67. The van der Waals surface area contributed by atoms with E-state index in [0.29, 0.717) is 6.04 Å². The van der Waals surface area contributed by atoms with E-state index in [9.17, 15) is 0 Å². The standard InChI is InChI=1S/C7H15NO.C2H6O/c1-7(2)8-3-5-9-6-4-8;1-3-2/h7H,3-6H2,1-2H3;1-2H3. The van der Waals surface area contributed by atoms with Gasteiger partial charge >= 0.3 is 0 Å². The normalized spacial score (nSPS) is 18.8. The molecule has 3 nitrogen and oxygen atoms in total. The molecule has 0 saturated carbocycles. The summed E-state index contributed by atoms with van der Waals surface area (Å²) in [5, 5.41) is 0. The Bertz CT molecular complexity index is 90.5. The Morgan fingerprint density at radius 3 is 1.83 bits per heavy atom. The summed E-state index contributed by atoms with van der Waals surface area (Å²) in [7, 11) is 3.25. The van der Waals surface area contributed by atoms with Crippen LogP contribution in [0, 0.1) is 0 Å². The lowest BCUT2D eigenvalue weighted by atomic mass is 10.3. The number of hydrogen-bond acceptors (Lipinski definition) is 3. The van der Waals surface area contributed by atoms with E-state index in [-0.39, 0.29) is 0 Å². The summed E-state index contributed by atoms with van der Waals surface area (Å²) >= 11 is 0. The molecule has 0 amide bonds. The van der Waals surface area contributed by atoms with Crippen molar-refractivity contribution in [1.29, 1.82) is 0 Å². The molecule has 0 aromatic heterocycles. The van der Waals surface area contributed by atoms with Crippen molar-refractivity contribution in [2.24, 2.45) is 0 Å². The molecule has 12 heavy (non-hydrogen) atoms. The molecular formula is C9H21NO2. The number of rotatable bonds is 1. The van der Waals surface area contributed by atoms with Gasteiger partial charge in [0.25, 0.3) is 0 Å². The van der Waals surface area contributed by atoms with Gasteiger partial charge in [0.2, 0.25) is 0 Å². The summed E-state index contributed by atoms with van der Waals surface area (Å²) in [4.78, 5) is 2.43. The van der Waals surface area contributed by atoms with Gasteiger partial charge in [-0.2, -0.15) is 0 Å². The van der Waals surface area contributed by atoms with Gasteiger partial charge in [-0.05, 0) is 13.8 Å². The SMILES string of the molecule is CC(C)N1CCOCC1.COC. The monoisotopic (exact) mass is 175 g/mol. The summed E-state index contributed by atoms with van der Waals surface area (Å²) in [6.07, 6.45) is 0. The Labute approximate surface area is 75.6 Å². The lowest BCUT2D eigenvalue weighted by Crippen LogP contribution is -2.40. The predicted octanol–water partition coefficient (Wildman–Crippen LogP) is 0.990.